The average molecular weight is 270 g/mol. The van der Waals surface area contributed by atoms with E-state index < -0.39 is 5.60 Å². The van der Waals surface area contributed by atoms with Gasteiger partial charge in [-0.05, 0) is 43.0 Å². The quantitative estimate of drug-likeness (QED) is 0.882. The van der Waals surface area contributed by atoms with Crippen molar-refractivity contribution < 1.29 is 14.9 Å². The van der Waals surface area contributed by atoms with Crippen molar-refractivity contribution >= 4 is 0 Å². The van der Waals surface area contributed by atoms with Crippen LogP contribution in [0.5, 0.6) is 11.5 Å². The first-order chi connectivity index (χ1) is 9.59. The number of phenolic OH excluding ortho intramolecular Hbond substituents is 1. The lowest BCUT2D eigenvalue weighted by molar-refractivity contribution is 0.0967. The summed E-state index contributed by atoms with van der Waals surface area (Å²) < 4.78 is 5.78. The van der Waals surface area contributed by atoms with E-state index in [9.17, 15) is 10.2 Å². The topological polar surface area (TPSA) is 49.7 Å². The third kappa shape index (κ3) is 2.14. The summed E-state index contributed by atoms with van der Waals surface area (Å²) in [4.78, 5) is 0. The van der Waals surface area contributed by atoms with Crippen LogP contribution in [0.2, 0.25) is 0 Å². The molecule has 1 aliphatic rings. The normalized spacial score (nSPS) is 16.9. The zero-order valence-corrected chi connectivity index (χ0v) is 11.5. The number of rotatable bonds is 2. The van der Waals surface area contributed by atoms with Gasteiger partial charge in [0.1, 0.15) is 17.1 Å². The monoisotopic (exact) mass is 270 g/mol. The SMILES string of the molecule is CC(O)(c1ccc(O)cc1)c1cccc2c1OCCC2. The van der Waals surface area contributed by atoms with Crippen molar-refractivity contribution in [2.75, 3.05) is 6.61 Å². The van der Waals surface area contributed by atoms with Gasteiger partial charge in [0.2, 0.25) is 0 Å². The van der Waals surface area contributed by atoms with Crippen molar-refractivity contribution in [2.45, 2.75) is 25.4 Å². The molecule has 0 saturated heterocycles. The molecule has 1 unspecified atom stereocenters. The zero-order valence-electron chi connectivity index (χ0n) is 11.5. The molecular formula is C17H18O3. The number of phenols is 1. The van der Waals surface area contributed by atoms with Crippen molar-refractivity contribution in [3.63, 3.8) is 0 Å². The van der Waals surface area contributed by atoms with Gasteiger partial charge in [-0.1, -0.05) is 30.3 Å². The summed E-state index contributed by atoms with van der Waals surface area (Å²) in [6.07, 6.45) is 1.99. The highest BCUT2D eigenvalue weighted by Gasteiger charge is 2.31. The lowest BCUT2D eigenvalue weighted by Crippen LogP contribution is -2.25. The second-order valence-corrected chi connectivity index (χ2v) is 5.36. The Morgan fingerprint density at radius 2 is 1.85 bits per heavy atom. The van der Waals surface area contributed by atoms with Crippen molar-refractivity contribution in [3.05, 3.63) is 59.2 Å². The maximum absolute atomic E-state index is 10.9. The fourth-order valence-corrected chi connectivity index (χ4v) is 2.71. The van der Waals surface area contributed by atoms with Crippen molar-refractivity contribution in [1.29, 1.82) is 0 Å². The number of aliphatic hydroxyl groups is 1. The maximum Gasteiger partial charge on any atom is 0.128 e. The Morgan fingerprint density at radius 3 is 2.60 bits per heavy atom. The standard InChI is InChI=1S/C17H18O3/c1-17(19,13-7-9-14(18)10-8-13)15-6-2-4-12-5-3-11-20-16(12)15/h2,4,6-10,18-19H,3,5,11H2,1H3. The minimum Gasteiger partial charge on any atom is -0.508 e. The first-order valence-electron chi connectivity index (χ1n) is 6.86. The van der Waals surface area contributed by atoms with Crippen LogP contribution in [0.3, 0.4) is 0 Å². The van der Waals surface area contributed by atoms with Gasteiger partial charge >= 0.3 is 0 Å². The van der Waals surface area contributed by atoms with Gasteiger partial charge in [-0.25, -0.2) is 0 Å². The Bertz CT molecular complexity index is 615. The Kier molecular flexibility index (Phi) is 3.14. The number of hydrogen-bond acceptors (Lipinski definition) is 3. The summed E-state index contributed by atoms with van der Waals surface area (Å²) in [6, 6.07) is 12.5. The van der Waals surface area contributed by atoms with Gasteiger partial charge in [0, 0.05) is 5.56 Å². The molecule has 0 saturated carbocycles. The van der Waals surface area contributed by atoms with E-state index in [2.05, 4.69) is 0 Å². The number of aryl methyl sites for hydroxylation is 1. The highest BCUT2D eigenvalue weighted by Crippen LogP contribution is 2.39. The van der Waals surface area contributed by atoms with Crippen LogP contribution in [0.4, 0.5) is 0 Å². The number of benzene rings is 2. The fraction of sp³-hybridized carbons (Fsp3) is 0.294. The predicted octanol–water partition coefficient (Wildman–Crippen LogP) is 2.97. The molecule has 104 valence electrons. The minimum absolute atomic E-state index is 0.191. The zero-order chi connectivity index (χ0) is 14.2. The summed E-state index contributed by atoms with van der Waals surface area (Å²) in [5.74, 6) is 0.993. The predicted molar refractivity (Wildman–Crippen MR) is 77.0 cm³/mol. The van der Waals surface area contributed by atoms with Crippen LogP contribution in [0.1, 0.15) is 30.0 Å². The maximum atomic E-state index is 10.9. The molecule has 0 amide bonds. The van der Waals surface area contributed by atoms with Crippen molar-refractivity contribution in [3.8, 4) is 11.5 Å². The molecule has 3 heteroatoms. The molecule has 3 nitrogen and oxygen atoms in total. The largest absolute Gasteiger partial charge is 0.508 e. The molecule has 2 aromatic rings. The highest BCUT2D eigenvalue weighted by atomic mass is 16.5. The van der Waals surface area contributed by atoms with Crippen LogP contribution in [0.25, 0.3) is 0 Å². The summed E-state index contributed by atoms with van der Waals surface area (Å²) in [7, 11) is 0. The lowest BCUT2D eigenvalue weighted by atomic mass is 9.85. The molecule has 0 fully saturated rings. The summed E-state index contributed by atoms with van der Waals surface area (Å²) in [6.45, 7) is 2.45. The molecular weight excluding hydrogens is 252 g/mol. The number of ether oxygens (including phenoxy) is 1. The van der Waals surface area contributed by atoms with E-state index >= 15 is 0 Å². The summed E-state index contributed by atoms with van der Waals surface area (Å²) in [5.41, 5.74) is 1.52. The molecule has 2 N–H and O–H groups in total. The Morgan fingerprint density at radius 1 is 1.10 bits per heavy atom. The molecule has 2 aromatic carbocycles. The summed E-state index contributed by atoms with van der Waals surface area (Å²) >= 11 is 0. The van der Waals surface area contributed by atoms with Crippen LogP contribution in [-0.4, -0.2) is 16.8 Å². The Hall–Kier alpha value is -2.00. The van der Waals surface area contributed by atoms with Gasteiger partial charge in [0.05, 0.1) is 6.61 Å². The molecule has 20 heavy (non-hydrogen) atoms. The van der Waals surface area contributed by atoms with E-state index in [0.29, 0.717) is 6.61 Å². The van der Waals surface area contributed by atoms with E-state index in [0.717, 1.165) is 35.3 Å². The lowest BCUT2D eigenvalue weighted by Gasteiger charge is -2.29. The average Bonchev–Trinajstić information content (AvgIpc) is 2.47. The van der Waals surface area contributed by atoms with E-state index in [1.165, 1.54) is 0 Å². The number of aromatic hydroxyl groups is 1. The first kappa shape index (κ1) is 13.0. The van der Waals surface area contributed by atoms with E-state index in [1.54, 1.807) is 31.2 Å². The van der Waals surface area contributed by atoms with Gasteiger partial charge in [0.15, 0.2) is 0 Å². The molecule has 0 bridgehead atoms. The highest BCUT2D eigenvalue weighted by molar-refractivity contribution is 5.50. The smallest absolute Gasteiger partial charge is 0.128 e. The number of para-hydroxylation sites is 1. The molecule has 3 rings (SSSR count). The van der Waals surface area contributed by atoms with Crippen LogP contribution in [0, 0.1) is 0 Å². The summed E-state index contributed by atoms with van der Waals surface area (Å²) in [5, 5.41) is 20.3. The van der Waals surface area contributed by atoms with Crippen molar-refractivity contribution in [2.24, 2.45) is 0 Å². The molecule has 1 aliphatic heterocycles. The Labute approximate surface area is 118 Å². The van der Waals surface area contributed by atoms with Gasteiger partial charge in [-0.3, -0.25) is 0 Å². The van der Waals surface area contributed by atoms with E-state index in [1.807, 2.05) is 18.2 Å². The fourth-order valence-electron chi connectivity index (χ4n) is 2.71. The second kappa shape index (κ2) is 4.84. The van der Waals surface area contributed by atoms with Gasteiger partial charge < -0.3 is 14.9 Å². The third-order valence-electron chi connectivity index (χ3n) is 3.89. The van der Waals surface area contributed by atoms with Crippen LogP contribution in [0.15, 0.2) is 42.5 Å². The van der Waals surface area contributed by atoms with Crippen LogP contribution >= 0.6 is 0 Å². The van der Waals surface area contributed by atoms with Crippen LogP contribution < -0.4 is 4.74 Å². The molecule has 0 aromatic heterocycles. The minimum atomic E-state index is -1.14. The van der Waals surface area contributed by atoms with Crippen LogP contribution in [-0.2, 0) is 12.0 Å². The second-order valence-electron chi connectivity index (χ2n) is 5.36. The first-order valence-corrected chi connectivity index (χ1v) is 6.86. The number of hydrogen-bond donors (Lipinski definition) is 2. The van der Waals surface area contributed by atoms with Gasteiger partial charge in [0.25, 0.3) is 0 Å². The Balaban J connectivity index is 2.09. The van der Waals surface area contributed by atoms with Gasteiger partial charge in [-0.2, -0.15) is 0 Å². The molecule has 1 heterocycles. The van der Waals surface area contributed by atoms with E-state index in [-0.39, 0.29) is 5.75 Å². The molecule has 0 spiro atoms. The molecule has 1 atom stereocenters. The number of fused-ring (bicyclic) bond motifs is 1. The van der Waals surface area contributed by atoms with E-state index in [4.69, 9.17) is 4.74 Å². The van der Waals surface area contributed by atoms with Crippen molar-refractivity contribution in [1.82, 2.24) is 0 Å². The molecule has 0 radical (unpaired) electrons. The molecule has 0 aliphatic carbocycles. The third-order valence-corrected chi connectivity index (χ3v) is 3.89. The van der Waals surface area contributed by atoms with Gasteiger partial charge in [-0.15, -0.1) is 0 Å².